The van der Waals surface area contributed by atoms with Crippen molar-refractivity contribution >= 4 is 23.3 Å². The molecule has 3 rings (SSSR count). The molecule has 1 fully saturated rings. The van der Waals surface area contributed by atoms with Gasteiger partial charge in [-0.05, 0) is 19.1 Å². The van der Waals surface area contributed by atoms with Crippen molar-refractivity contribution in [1.29, 1.82) is 0 Å². The molecule has 0 bridgehead atoms. The Labute approximate surface area is 167 Å². The minimum absolute atomic E-state index is 0.145. The summed E-state index contributed by atoms with van der Waals surface area (Å²) in [5, 5.41) is 2.43. The number of benzene rings is 1. The highest BCUT2D eigenvalue weighted by Crippen LogP contribution is 2.39. The number of carbonyl (C=O) groups excluding carboxylic acids is 2. The summed E-state index contributed by atoms with van der Waals surface area (Å²) in [6.45, 7) is 3.92. The van der Waals surface area contributed by atoms with E-state index in [0.29, 0.717) is 55.0 Å². The maximum Gasteiger partial charge on any atom is 0.409 e. The molecule has 150 valence electrons. The number of ether oxygens (including phenoxy) is 3. The van der Waals surface area contributed by atoms with Gasteiger partial charge in [-0.1, -0.05) is 6.07 Å². The van der Waals surface area contributed by atoms with Crippen molar-refractivity contribution in [1.82, 2.24) is 14.8 Å². The van der Waals surface area contributed by atoms with E-state index in [4.69, 9.17) is 14.2 Å². The Morgan fingerprint density at radius 3 is 2.46 bits per heavy atom. The van der Waals surface area contributed by atoms with Crippen molar-refractivity contribution in [3.05, 3.63) is 29.3 Å². The Morgan fingerprint density at radius 1 is 1.11 bits per heavy atom. The molecule has 8 nitrogen and oxygen atoms in total. The van der Waals surface area contributed by atoms with Crippen LogP contribution in [-0.2, 0) is 4.74 Å². The molecule has 9 heteroatoms. The molecule has 1 aliphatic heterocycles. The van der Waals surface area contributed by atoms with Gasteiger partial charge in [0, 0.05) is 31.6 Å². The smallest absolute Gasteiger partial charge is 0.409 e. The zero-order chi connectivity index (χ0) is 20.1. The first-order valence-corrected chi connectivity index (χ1v) is 9.84. The Morgan fingerprint density at radius 2 is 1.82 bits per heavy atom. The van der Waals surface area contributed by atoms with Crippen molar-refractivity contribution in [2.45, 2.75) is 6.92 Å². The van der Waals surface area contributed by atoms with Gasteiger partial charge in [-0.25, -0.2) is 9.78 Å². The van der Waals surface area contributed by atoms with Crippen LogP contribution in [0.25, 0.3) is 10.6 Å². The van der Waals surface area contributed by atoms with Crippen LogP contribution < -0.4 is 9.47 Å². The molecular formula is C19H23N3O5S. The summed E-state index contributed by atoms with van der Waals surface area (Å²) in [5.41, 5.74) is 1.16. The number of amides is 2. The van der Waals surface area contributed by atoms with E-state index in [1.165, 1.54) is 11.3 Å². The van der Waals surface area contributed by atoms with Crippen LogP contribution in [0.4, 0.5) is 4.79 Å². The lowest BCUT2D eigenvalue weighted by molar-refractivity contribution is 0.0566. The number of rotatable bonds is 5. The predicted octanol–water partition coefficient (Wildman–Crippen LogP) is 2.74. The lowest BCUT2D eigenvalue weighted by Crippen LogP contribution is -2.50. The van der Waals surface area contributed by atoms with Crippen molar-refractivity contribution in [2.75, 3.05) is 47.0 Å². The highest BCUT2D eigenvalue weighted by atomic mass is 32.1. The van der Waals surface area contributed by atoms with Gasteiger partial charge in [0.1, 0.15) is 10.7 Å². The number of hydrogen-bond acceptors (Lipinski definition) is 7. The van der Waals surface area contributed by atoms with Crippen LogP contribution in [0, 0.1) is 0 Å². The second-order valence-electron chi connectivity index (χ2n) is 6.06. The van der Waals surface area contributed by atoms with Crippen LogP contribution in [0.15, 0.2) is 23.6 Å². The molecule has 0 aliphatic carbocycles. The maximum atomic E-state index is 12.8. The molecule has 0 atom stereocenters. The fraction of sp³-hybridized carbons (Fsp3) is 0.421. The Hall–Kier alpha value is -2.81. The van der Waals surface area contributed by atoms with Crippen LogP contribution in [0.5, 0.6) is 11.5 Å². The van der Waals surface area contributed by atoms with Gasteiger partial charge in [0.15, 0.2) is 11.5 Å². The van der Waals surface area contributed by atoms with E-state index in [1.807, 2.05) is 18.2 Å². The number of aromatic nitrogens is 1. The summed E-state index contributed by atoms with van der Waals surface area (Å²) in [5.74, 6) is 1.05. The number of nitrogens with zero attached hydrogens (tertiary/aromatic N) is 3. The van der Waals surface area contributed by atoms with Gasteiger partial charge < -0.3 is 24.0 Å². The van der Waals surface area contributed by atoms with E-state index in [0.717, 1.165) is 5.56 Å². The first kappa shape index (κ1) is 19.9. The van der Waals surface area contributed by atoms with Crippen molar-refractivity contribution in [3.63, 3.8) is 0 Å². The maximum absolute atomic E-state index is 12.8. The van der Waals surface area contributed by atoms with Gasteiger partial charge in [0.2, 0.25) is 0 Å². The predicted molar refractivity (Wildman–Crippen MR) is 105 cm³/mol. The molecular weight excluding hydrogens is 382 g/mol. The molecule has 1 saturated heterocycles. The average molecular weight is 405 g/mol. The van der Waals surface area contributed by atoms with Crippen LogP contribution >= 0.6 is 11.3 Å². The van der Waals surface area contributed by atoms with Crippen LogP contribution in [0.1, 0.15) is 17.4 Å². The minimum Gasteiger partial charge on any atom is -0.493 e. The van der Waals surface area contributed by atoms with E-state index in [-0.39, 0.29) is 12.0 Å². The standard InChI is InChI=1S/C19H23N3O5S/c1-4-27-19(24)22-10-8-21(9-11-22)18(23)14-12-28-17(20-14)13-6-5-7-15(25-2)16(13)26-3/h5-7,12H,4,8-11H2,1-3H3. The quantitative estimate of drug-likeness (QED) is 0.761. The van der Waals surface area contributed by atoms with E-state index < -0.39 is 0 Å². The normalized spacial score (nSPS) is 14.0. The summed E-state index contributed by atoms with van der Waals surface area (Å²) in [7, 11) is 3.15. The molecule has 0 N–H and O–H groups in total. The monoisotopic (exact) mass is 405 g/mol. The van der Waals surface area contributed by atoms with Gasteiger partial charge in [-0.2, -0.15) is 0 Å². The molecule has 1 aromatic carbocycles. The first-order chi connectivity index (χ1) is 13.6. The highest BCUT2D eigenvalue weighted by molar-refractivity contribution is 7.13. The van der Waals surface area contributed by atoms with E-state index in [1.54, 1.807) is 36.3 Å². The molecule has 2 amide bonds. The molecule has 0 radical (unpaired) electrons. The molecule has 0 spiro atoms. The van der Waals surface area contributed by atoms with Crippen molar-refractivity contribution in [3.8, 4) is 22.1 Å². The topological polar surface area (TPSA) is 81.2 Å². The second kappa shape index (κ2) is 8.92. The Balaban J connectivity index is 1.71. The molecule has 1 aliphatic rings. The Bertz CT molecular complexity index is 846. The third-order valence-electron chi connectivity index (χ3n) is 4.45. The first-order valence-electron chi connectivity index (χ1n) is 8.96. The number of methoxy groups -OCH3 is 2. The number of para-hydroxylation sites is 1. The average Bonchev–Trinajstić information content (AvgIpc) is 3.22. The second-order valence-corrected chi connectivity index (χ2v) is 6.92. The van der Waals surface area contributed by atoms with E-state index in [9.17, 15) is 9.59 Å². The van der Waals surface area contributed by atoms with Crippen LogP contribution in [0.2, 0.25) is 0 Å². The van der Waals surface area contributed by atoms with Gasteiger partial charge in [-0.3, -0.25) is 4.79 Å². The van der Waals surface area contributed by atoms with Gasteiger partial charge in [0.25, 0.3) is 5.91 Å². The lowest BCUT2D eigenvalue weighted by atomic mass is 10.2. The van der Waals surface area contributed by atoms with Gasteiger partial charge in [-0.15, -0.1) is 11.3 Å². The summed E-state index contributed by atoms with van der Waals surface area (Å²) in [6, 6.07) is 5.55. The number of carbonyl (C=O) groups is 2. The third kappa shape index (κ3) is 4.04. The molecule has 2 aromatic rings. The molecule has 2 heterocycles. The third-order valence-corrected chi connectivity index (χ3v) is 5.33. The van der Waals surface area contributed by atoms with E-state index in [2.05, 4.69) is 4.98 Å². The zero-order valence-electron chi connectivity index (χ0n) is 16.1. The molecule has 0 saturated carbocycles. The highest BCUT2D eigenvalue weighted by Gasteiger charge is 2.27. The van der Waals surface area contributed by atoms with E-state index >= 15 is 0 Å². The minimum atomic E-state index is -0.337. The molecule has 0 unspecified atom stereocenters. The Kier molecular flexibility index (Phi) is 6.35. The van der Waals surface area contributed by atoms with Crippen molar-refractivity contribution < 1.29 is 23.8 Å². The summed E-state index contributed by atoms with van der Waals surface area (Å²) in [4.78, 5) is 32.4. The zero-order valence-corrected chi connectivity index (χ0v) is 17.0. The fourth-order valence-corrected chi connectivity index (χ4v) is 3.84. The SMILES string of the molecule is CCOC(=O)N1CCN(C(=O)c2csc(-c3cccc(OC)c3OC)n2)CC1. The molecule has 28 heavy (non-hydrogen) atoms. The summed E-state index contributed by atoms with van der Waals surface area (Å²) in [6.07, 6.45) is -0.337. The van der Waals surface area contributed by atoms with Crippen molar-refractivity contribution in [2.24, 2.45) is 0 Å². The molecule has 1 aromatic heterocycles. The summed E-state index contributed by atoms with van der Waals surface area (Å²) >= 11 is 1.38. The van der Waals surface area contributed by atoms with Gasteiger partial charge >= 0.3 is 6.09 Å². The number of thiazole rings is 1. The summed E-state index contributed by atoms with van der Waals surface area (Å²) < 4.78 is 15.8. The fourth-order valence-electron chi connectivity index (χ4n) is 3.02. The van der Waals surface area contributed by atoms with Crippen LogP contribution in [-0.4, -0.2) is 73.8 Å². The lowest BCUT2D eigenvalue weighted by Gasteiger charge is -2.33. The van der Waals surface area contributed by atoms with Gasteiger partial charge in [0.05, 0.1) is 26.4 Å². The number of hydrogen-bond donors (Lipinski definition) is 0. The largest absolute Gasteiger partial charge is 0.493 e. The number of piperazine rings is 1. The van der Waals surface area contributed by atoms with Crippen LogP contribution in [0.3, 0.4) is 0 Å².